The molecule has 0 aliphatic heterocycles. The van der Waals surface area contributed by atoms with Gasteiger partial charge in [0.2, 0.25) is 0 Å². The van der Waals surface area contributed by atoms with Crippen molar-refractivity contribution >= 4 is 0 Å². The zero-order valence-corrected chi connectivity index (χ0v) is 8.45. The predicted molar refractivity (Wildman–Crippen MR) is 58.6 cm³/mol. The Bertz CT molecular complexity index is 288. The molecule has 1 aliphatic rings. The SMILES string of the molecule is NCc1ccc([C@@H](N)CC2CC2)cc1. The van der Waals surface area contributed by atoms with E-state index in [9.17, 15) is 0 Å². The molecule has 0 spiro atoms. The molecule has 1 aromatic carbocycles. The van der Waals surface area contributed by atoms with Crippen molar-refractivity contribution in [1.29, 1.82) is 0 Å². The van der Waals surface area contributed by atoms with Crippen LogP contribution in [-0.2, 0) is 6.54 Å². The molecule has 2 nitrogen and oxygen atoms in total. The van der Waals surface area contributed by atoms with Crippen LogP contribution >= 0.6 is 0 Å². The molecule has 1 fully saturated rings. The molecule has 0 aromatic heterocycles. The smallest absolute Gasteiger partial charge is 0.0297 e. The Kier molecular flexibility index (Phi) is 2.85. The molecular weight excluding hydrogens is 172 g/mol. The number of nitrogens with two attached hydrogens (primary N) is 2. The van der Waals surface area contributed by atoms with E-state index in [1.807, 2.05) is 0 Å². The maximum absolute atomic E-state index is 6.10. The summed E-state index contributed by atoms with van der Waals surface area (Å²) in [6, 6.07) is 8.57. The molecule has 4 N–H and O–H groups in total. The summed E-state index contributed by atoms with van der Waals surface area (Å²) in [5, 5.41) is 0. The Morgan fingerprint density at radius 3 is 2.36 bits per heavy atom. The number of benzene rings is 1. The monoisotopic (exact) mass is 190 g/mol. The lowest BCUT2D eigenvalue weighted by Crippen LogP contribution is -2.11. The molecule has 0 heterocycles. The van der Waals surface area contributed by atoms with Crippen LogP contribution < -0.4 is 11.5 Å². The first kappa shape index (κ1) is 9.69. The van der Waals surface area contributed by atoms with Crippen molar-refractivity contribution < 1.29 is 0 Å². The molecular formula is C12H18N2. The van der Waals surface area contributed by atoms with Gasteiger partial charge in [0.15, 0.2) is 0 Å². The van der Waals surface area contributed by atoms with Crippen LogP contribution in [0.25, 0.3) is 0 Å². The fourth-order valence-electron chi connectivity index (χ4n) is 1.75. The molecule has 2 rings (SSSR count). The Morgan fingerprint density at radius 2 is 1.86 bits per heavy atom. The van der Waals surface area contributed by atoms with Gasteiger partial charge in [-0.1, -0.05) is 37.1 Å². The van der Waals surface area contributed by atoms with Gasteiger partial charge in [-0.05, 0) is 23.5 Å². The number of hydrogen-bond acceptors (Lipinski definition) is 2. The second-order valence-electron chi connectivity index (χ2n) is 4.23. The van der Waals surface area contributed by atoms with E-state index in [0.29, 0.717) is 6.54 Å². The molecule has 1 atom stereocenters. The summed E-state index contributed by atoms with van der Waals surface area (Å²) < 4.78 is 0. The van der Waals surface area contributed by atoms with E-state index >= 15 is 0 Å². The summed E-state index contributed by atoms with van der Waals surface area (Å²) in [7, 11) is 0. The normalized spacial score (nSPS) is 18.1. The van der Waals surface area contributed by atoms with Gasteiger partial charge in [0.25, 0.3) is 0 Å². The van der Waals surface area contributed by atoms with Crippen LogP contribution in [0.1, 0.15) is 36.4 Å². The maximum atomic E-state index is 6.10. The molecule has 1 aromatic rings. The first-order valence-corrected chi connectivity index (χ1v) is 5.34. The molecule has 0 saturated heterocycles. The van der Waals surface area contributed by atoms with E-state index in [0.717, 1.165) is 12.3 Å². The van der Waals surface area contributed by atoms with Gasteiger partial charge in [0, 0.05) is 12.6 Å². The largest absolute Gasteiger partial charge is 0.326 e. The lowest BCUT2D eigenvalue weighted by molar-refractivity contribution is 0.597. The van der Waals surface area contributed by atoms with E-state index in [2.05, 4.69) is 24.3 Å². The van der Waals surface area contributed by atoms with E-state index in [4.69, 9.17) is 11.5 Å². The quantitative estimate of drug-likeness (QED) is 0.762. The summed E-state index contributed by atoms with van der Waals surface area (Å²) in [6.45, 7) is 0.609. The van der Waals surface area contributed by atoms with Crippen LogP contribution in [0.15, 0.2) is 24.3 Å². The van der Waals surface area contributed by atoms with Crippen molar-refractivity contribution in [2.45, 2.75) is 31.8 Å². The highest BCUT2D eigenvalue weighted by Gasteiger charge is 2.24. The summed E-state index contributed by atoms with van der Waals surface area (Å²) >= 11 is 0. The third-order valence-electron chi connectivity index (χ3n) is 2.93. The van der Waals surface area contributed by atoms with Gasteiger partial charge in [-0.15, -0.1) is 0 Å². The Labute approximate surface area is 85.3 Å². The number of rotatable bonds is 4. The van der Waals surface area contributed by atoms with Crippen molar-refractivity contribution in [3.8, 4) is 0 Å². The predicted octanol–water partition coefficient (Wildman–Crippen LogP) is 1.95. The molecule has 0 bridgehead atoms. The minimum atomic E-state index is 0.217. The fourth-order valence-corrected chi connectivity index (χ4v) is 1.75. The van der Waals surface area contributed by atoms with Crippen LogP contribution in [0.3, 0.4) is 0 Å². The first-order valence-electron chi connectivity index (χ1n) is 5.34. The standard InChI is InChI=1S/C12H18N2/c13-8-10-3-5-11(6-4-10)12(14)7-9-1-2-9/h3-6,9,12H,1-2,7-8,13-14H2/t12-/m0/s1. The van der Waals surface area contributed by atoms with Crippen LogP contribution in [0.5, 0.6) is 0 Å². The van der Waals surface area contributed by atoms with Crippen LogP contribution in [0.2, 0.25) is 0 Å². The zero-order valence-electron chi connectivity index (χ0n) is 8.45. The third-order valence-corrected chi connectivity index (χ3v) is 2.93. The van der Waals surface area contributed by atoms with E-state index in [1.54, 1.807) is 0 Å². The topological polar surface area (TPSA) is 52.0 Å². The first-order chi connectivity index (χ1) is 6.79. The second kappa shape index (κ2) is 4.11. The second-order valence-corrected chi connectivity index (χ2v) is 4.23. The van der Waals surface area contributed by atoms with Crippen molar-refractivity contribution in [3.63, 3.8) is 0 Å². The number of hydrogen-bond donors (Lipinski definition) is 2. The highest BCUT2D eigenvalue weighted by Crippen LogP contribution is 2.36. The lowest BCUT2D eigenvalue weighted by Gasteiger charge is -2.11. The summed E-state index contributed by atoms with van der Waals surface area (Å²) in [6.07, 6.45) is 3.88. The van der Waals surface area contributed by atoms with Gasteiger partial charge in [0.05, 0.1) is 0 Å². The van der Waals surface area contributed by atoms with Crippen LogP contribution in [-0.4, -0.2) is 0 Å². The maximum Gasteiger partial charge on any atom is 0.0297 e. The van der Waals surface area contributed by atoms with Crippen molar-refractivity contribution in [1.82, 2.24) is 0 Å². The summed E-state index contributed by atoms with van der Waals surface area (Å²) in [5.41, 5.74) is 14.0. The molecule has 1 saturated carbocycles. The van der Waals surface area contributed by atoms with Gasteiger partial charge in [-0.2, -0.15) is 0 Å². The Hall–Kier alpha value is -0.860. The minimum Gasteiger partial charge on any atom is -0.326 e. The van der Waals surface area contributed by atoms with Crippen molar-refractivity contribution in [2.24, 2.45) is 17.4 Å². The van der Waals surface area contributed by atoms with Gasteiger partial charge in [-0.3, -0.25) is 0 Å². The third kappa shape index (κ3) is 2.34. The Morgan fingerprint density at radius 1 is 1.21 bits per heavy atom. The highest BCUT2D eigenvalue weighted by molar-refractivity contribution is 5.24. The molecule has 2 heteroatoms. The molecule has 0 radical (unpaired) electrons. The van der Waals surface area contributed by atoms with E-state index in [-0.39, 0.29) is 6.04 Å². The average Bonchev–Trinajstić information content (AvgIpc) is 3.02. The van der Waals surface area contributed by atoms with Crippen LogP contribution in [0.4, 0.5) is 0 Å². The fraction of sp³-hybridized carbons (Fsp3) is 0.500. The molecule has 76 valence electrons. The molecule has 0 amide bonds. The van der Waals surface area contributed by atoms with Gasteiger partial charge in [-0.25, -0.2) is 0 Å². The Balaban J connectivity index is 1.99. The van der Waals surface area contributed by atoms with Gasteiger partial charge < -0.3 is 11.5 Å². The minimum absolute atomic E-state index is 0.217. The highest BCUT2D eigenvalue weighted by atomic mass is 14.6. The van der Waals surface area contributed by atoms with Gasteiger partial charge >= 0.3 is 0 Å². The molecule has 0 unspecified atom stereocenters. The van der Waals surface area contributed by atoms with Crippen LogP contribution in [0, 0.1) is 5.92 Å². The summed E-state index contributed by atoms with van der Waals surface area (Å²) in [5.74, 6) is 0.888. The van der Waals surface area contributed by atoms with E-state index in [1.165, 1.54) is 24.0 Å². The van der Waals surface area contributed by atoms with Crippen molar-refractivity contribution in [3.05, 3.63) is 35.4 Å². The van der Waals surface area contributed by atoms with Gasteiger partial charge in [0.1, 0.15) is 0 Å². The average molecular weight is 190 g/mol. The lowest BCUT2D eigenvalue weighted by atomic mass is 10.0. The van der Waals surface area contributed by atoms with Crippen molar-refractivity contribution in [2.75, 3.05) is 0 Å². The molecule has 14 heavy (non-hydrogen) atoms. The van der Waals surface area contributed by atoms with E-state index < -0.39 is 0 Å². The summed E-state index contributed by atoms with van der Waals surface area (Å²) in [4.78, 5) is 0. The zero-order chi connectivity index (χ0) is 9.97. The molecule has 1 aliphatic carbocycles.